The van der Waals surface area contributed by atoms with E-state index in [0.29, 0.717) is 25.1 Å². The van der Waals surface area contributed by atoms with Crippen LogP contribution in [0.5, 0.6) is 0 Å². The first kappa shape index (κ1) is 17.8. The second-order valence-corrected chi connectivity index (χ2v) is 6.82. The van der Waals surface area contributed by atoms with Gasteiger partial charge < -0.3 is 10.1 Å². The summed E-state index contributed by atoms with van der Waals surface area (Å²) in [7, 11) is 1.30. The minimum absolute atomic E-state index is 0.273. The Morgan fingerprint density at radius 3 is 2.57 bits per heavy atom. The quantitative estimate of drug-likeness (QED) is 0.846. The first-order valence-corrected chi connectivity index (χ1v) is 7.52. The first-order chi connectivity index (χ1) is 10.5. The molecule has 8 heteroatoms. The van der Waals surface area contributed by atoms with Crippen LogP contribution in [0.2, 0.25) is 0 Å². The van der Waals surface area contributed by atoms with Crippen molar-refractivity contribution in [3.63, 3.8) is 0 Å². The van der Waals surface area contributed by atoms with Crippen molar-refractivity contribution < 1.29 is 22.7 Å². The Bertz CT molecular complexity index is 576. The smallest absolute Gasteiger partial charge is 0.435 e. The van der Waals surface area contributed by atoms with Gasteiger partial charge in [0.05, 0.1) is 13.2 Å². The predicted octanol–water partition coefficient (Wildman–Crippen LogP) is 2.67. The molecule has 1 N–H and O–H groups in total. The van der Waals surface area contributed by atoms with Crippen molar-refractivity contribution in [1.82, 2.24) is 15.1 Å². The number of halogens is 3. The summed E-state index contributed by atoms with van der Waals surface area (Å²) in [6, 6.07) is 0.311. The molecule has 2 unspecified atom stereocenters. The second-order valence-electron chi connectivity index (χ2n) is 6.82. The maximum atomic E-state index is 13.0. The van der Waals surface area contributed by atoms with Crippen molar-refractivity contribution in [2.45, 2.75) is 57.3 Å². The summed E-state index contributed by atoms with van der Waals surface area (Å²) >= 11 is 0. The van der Waals surface area contributed by atoms with Crippen LogP contribution in [-0.4, -0.2) is 35.4 Å². The van der Waals surface area contributed by atoms with Gasteiger partial charge in [0.1, 0.15) is 6.04 Å². The third-order valence-electron chi connectivity index (χ3n) is 4.00. The zero-order valence-corrected chi connectivity index (χ0v) is 13.7. The lowest BCUT2D eigenvalue weighted by Gasteiger charge is -2.32. The number of hydrogen-bond acceptors (Lipinski definition) is 4. The van der Waals surface area contributed by atoms with Crippen LogP contribution in [0.25, 0.3) is 0 Å². The largest absolute Gasteiger partial charge is 0.468 e. The summed E-state index contributed by atoms with van der Waals surface area (Å²) < 4.78 is 45.3. The van der Waals surface area contributed by atoms with Gasteiger partial charge in [0.2, 0.25) is 0 Å². The molecule has 1 aliphatic rings. The summed E-state index contributed by atoms with van der Waals surface area (Å²) in [6.45, 7) is 6.06. The van der Waals surface area contributed by atoms with Gasteiger partial charge >= 0.3 is 12.1 Å². The van der Waals surface area contributed by atoms with E-state index in [-0.39, 0.29) is 6.04 Å². The average Bonchev–Trinajstić information content (AvgIpc) is 2.92. The van der Waals surface area contributed by atoms with Crippen LogP contribution in [0.15, 0.2) is 6.07 Å². The molecule has 1 aliphatic heterocycles. The van der Waals surface area contributed by atoms with Gasteiger partial charge in [0, 0.05) is 11.1 Å². The molecule has 1 aromatic heterocycles. The first-order valence-electron chi connectivity index (χ1n) is 7.52. The Morgan fingerprint density at radius 1 is 1.39 bits per heavy atom. The zero-order chi connectivity index (χ0) is 17.4. The molecular formula is C15H22F3N3O2. The third-order valence-corrected chi connectivity index (χ3v) is 4.00. The molecule has 0 aliphatic carbocycles. The topological polar surface area (TPSA) is 56.2 Å². The Hall–Kier alpha value is -1.57. The van der Waals surface area contributed by atoms with Crippen LogP contribution in [0, 0.1) is 0 Å². The monoisotopic (exact) mass is 333 g/mol. The van der Waals surface area contributed by atoms with E-state index in [1.807, 2.05) is 20.8 Å². The van der Waals surface area contributed by atoms with Crippen LogP contribution < -0.4 is 5.32 Å². The lowest BCUT2D eigenvalue weighted by atomic mass is 9.90. The van der Waals surface area contributed by atoms with E-state index in [9.17, 15) is 18.0 Å². The van der Waals surface area contributed by atoms with Crippen molar-refractivity contribution in [3.8, 4) is 0 Å². The Kier molecular flexibility index (Phi) is 4.75. The van der Waals surface area contributed by atoms with Gasteiger partial charge in [-0.15, -0.1) is 0 Å². The minimum atomic E-state index is -4.49. The number of rotatable bonds is 2. The van der Waals surface area contributed by atoms with Crippen LogP contribution in [0.3, 0.4) is 0 Å². The molecule has 2 rings (SSSR count). The number of nitrogens with one attached hydrogen (secondary N) is 1. The number of ether oxygens (including phenoxy) is 1. The van der Waals surface area contributed by atoms with Crippen LogP contribution in [0.1, 0.15) is 51.0 Å². The molecule has 1 fully saturated rings. The standard InChI is InChI=1S/C15H22F3N3O2/c1-14(2,3)12-8-11(15(16,17)18)20-21(12)9-5-6-19-10(7-9)13(22)23-4/h8-10,19H,5-7H2,1-4H3. The fourth-order valence-corrected chi connectivity index (χ4v) is 2.81. The predicted molar refractivity (Wildman–Crippen MR) is 78.0 cm³/mol. The van der Waals surface area contributed by atoms with Gasteiger partial charge in [-0.05, 0) is 25.5 Å². The second kappa shape index (κ2) is 6.14. The molecule has 1 saturated heterocycles. The molecule has 1 aromatic rings. The van der Waals surface area contributed by atoms with Gasteiger partial charge in [-0.1, -0.05) is 20.8 Å². The lowest BCUT2D eigenvalue weighted by Crippen LogP contribution is -2.45. The molecule has 0 aromatic carbocycles. The molecule has 0 saturated carbocycles. The Labute approximate surface area is 133 Å². The van der Waals surface area contributed by atoms with E-state index in [2.05, 4.69) is 10.4 Å². The summed E-state index contributed by atoms with van der Waals surface area (Å²) in [5.41, 5.74) is -0.863. The van der Waals surface area contributed by atoms with E-state index in [1.54, 1.807) is 0 Å². The van der Waals surface area contributed by atoms with Crippen molar-refractivity contribution >= 4 is 5.97 Å². The van der Waals surface area contributed by atoms with Crippen LogP contribution in [-0.2, 0) is 21.1 Å². The van der Waals surface area contributed by atoms with Crippen molar-refractivity contribution in [3.05, 3.63) is 17.5 Å². The highest BCUT2D eigenvalue weighted by Crippen LogP contribution is 2.35. The zero-order valence-electron chi connectivity index (χ0n) is 13.7. The van der Waals surface area contributed by atoms with Crippen molar-refractivity contribution in [2.75, 3.05) is 13.7 Å². The highest BCUT2D eigenvalue weighted by atomic mass is 19.4. The molecule has 2 heterocycles. The van der Waals surface area contributed by atoms with Crippen molar-refractivity contribution in [2.24, 2.45) is 0 Å². The van der Waals surface area contributed by atoms with Gasteiger partial charge in [-0.3, -0.25) is 9.48 Å². The fourth-order valence-electron chi connectivity index (χ4n) is 2.81. The van der Waals surface area contributed by atoms with E-state index >= 15 is 0 Å². The molecule has 5 nitrogen and oxygen atoms in total. The number of piperidine rings is 1. The van der Waals surface area contributed by atoms with Gasteiger partial charge in [-0.2, -0.15) is 18.3 Å². The summed E-state index contributed by atoms with van der Waals surface area (Å²) in [6.07, 6.45) is -3.52. The summed E-state index contributed by atoms with van der Waals surface area (Å²) in [5.74, 6) is -0.407. The molecule has 2 atom stereocenters. The number of esters is 1. The van der Waals surface area contributed by atoms with Gasteiger partial charge in [0.15, 0.2) is 5.69 Å². The van der Waals surface area contributed by atoms with E-state index in [4.69, 9.17) is 4.74 Å². The number of carbonyl (C=O) groups is 1. The normalized spacial score (nSPS) is 22.9. The molecule has 130 valence electrons. The minimum Gasteiger partial charge on any atom is -0.468 e. The average molecular weight is 333 g/mol. The number of methoxy groups -OCH3 is 1. The van der Waals surface area contributed by atoms with E-state index in [1.165, 1.54) is 11.8 Å². The third kappa shape index (κ3) is 3.85. The Balaban J connectivity index is 2.37. The highest BCUT2D eigenvalue weighted by molar-refractivity contribution is 5.75. The number of alkyl halides is 3. The number of aromatic nitrogens is 2. The fraction of sp³-hybridized carbons (Fsp3) is 0.733. The van der Waals surface area contributed by atoms with E-state index in [0.717, 1.165) is 6.07 Å². The van der Waals surface area contributed by atoms with Gasteiger partial charge in [-0.25, -0.2) is 0 Å². The number of hydrogen-bond donors (Lipinski definition) is 1. The van der Waals surface area contributed by atoms with Crippen LogP contribution >= 0.6 is 0 Å². The molecular weight excluding hydrogens is 311 g/mol. The van der Waals surface area contributed by atoms with E-state index < -0.39 is 29.3 Å². The molecule has 0 radical (unpaired) electrons. The summed E-state index contributed by atoms with van der Waals surface area (Å²) in [5, 5.41) is 6.83. The molecule has 23 heavy (non-hydrogen) atoms. The SMILES string of the molecule is COC(=O)C1CC(n2nc(C(F)(F)F)cc2C(C)(C)C)CCN1. The number of nitrogens with zero attached hydrogens (tertiary/aromatic N) is 2. The lowest BCUT2D eigenvalue weighted by molar-refractivity contribution is -0.144. The Morgan fingerprint density at radius 2 is 2.04 bits per heavy atom. The molecule has 0 bridgehead atoms. The number of carbonyl (C=O) groups excluding carboxylic acids is 1. The van der Waals surface area contributed by atoms with Gasteiger partial charge in [0.25, 0.3) is 0 Å². The van der Waals surface area contributed by atoms with Crippen LogP contribution in [0.4, 0.5) is 13.2 Å². The maximum Gasteiger partial charge on any atom is 0.435 e. The molecule has 0 spiro atoms. The maximum absolute atomic E-state index is 13.0. The van der Waals surface area contributed by atoms with Crippen molar-refractivity contribution in [1.29, 1.82) is 0 Å². The highest BCUT2D eigenvalue weighted by Gasteiger charge is 2.39. The molecule has 0 amide bonds. The summed E-state index contributed by atoms with van der Waals surface area (Å²) in [4.78, 5) is 11.7.